The molecule has 0 aliphatic heterocycles. The van der Waals surface area contributed by atoms with Crippen LogP contribution >= 0.6 is 7.80 Å². The van der Waals surface area contributed by atoms with Crippen LogP contribution in [0.1, 0.15) is 13.8 Å². The number of hydrogen-bond acceptors (Lipinski definition) is 1. The summed E-state index contributed by atoms with van der Waals surface area (Å²) < 4.78 is 10.6. The van der Waals surface area contributed by atoms with Gasteiger partial charge in [0.25, 0.3) is 0 Å². The van der Waals surface area contributed by atoms with Crippen molar-refractivity contribution in [2.75, 3.05) is 0 Å². The Morgan fingerprint density at radius 2 is 2.14 bits per heavy atom. The van der Waals surface area contributed by atoms with Crippen LogP contribution in [0.3, 0.4) is 0 Å². The lowest BCUT2D eigenvalue weighted by Crippen LogP contribution is -1.80. The average Bonchev–Trinajstić information content (AvgIpc) is 1.65. The lowest BCUT2D eigenvalue weighted by molar-refractivity contribution is 0.588. The molecule has 0 saturated carbocycles. The fourth-order valence-electron chi connectivity index (χ4n) is 0.236. The van der Waals surface area contributed by atoms with Gasteiger partial charge in [0.1, 0.15) is 0 Å². The molecule has 1 atom stereocenters. The van der Waals surface area contributed by atoms with E-state index in [9.17, 15) is 4.57 Å². The van der Waals surface area contributed by atoms with Gasteiger partial charge in [0.15, 0.2) is 0 Å². The summed E-state index contributed by atoms with van der Waals surface area (Å²) in [5.74, 6) is 1.54. The van der Waals surface area contributed by atoms with Gasteiger partial charge in [0.05, 0.1) is 7.80 Å². The first-order valence-corrected chi connectivity index (χ1v) is 3.91. The summed E-state index contributed by atoms with van der Waals surface area (Å²) in [4.78, 5) is 0. The third-order valence-electron chi connectivity index (χ3n) is 0.770. The molecular weight excluding hydrogens is 107 g/mol. The molecule has 0 spiro atoms. The van der Waals surface area contributed by atoms with Gasteiger partial charge in [-0.25, -0.2) is 0 Å². The van der Waals surface area contributed by atoms with Crippen molar-refractivity contribution in [2.24, 2.45) is 0 Å². The van der Waals surface area contributed by atoms with Crippen LogP contribution in [0.4, 0.5) is 0 Å². The van der Waals surface area contributed by atoms with Crippen molar-refractivity contribution in [1.82, 2.24) is 0 Å². The molecule has 0 saturated heterocycles. The second kappa shape index (κ2) is 3.04. The standard InChI is InChI=1S/C5H11OP/c1-4-7(6)5(2)3/h4-5,7H,1H2,2-3H3. The Hall–Kier alpha value is -0.0300. The molecule has 0 rings (SSSR count). The first-order chi connectivity index (χ1) is 3.18. The van der Waals surface area contributed by atoms with Crippen LogP contribution in [-0.4, -0.2) is 5.66 Å². The largest absolute Gasteiger partial charge is 0.322 e. The van der Waals surface area contributed by atoms with Gasteiger partial charge in [-0.15, -0.1) is 0 Å². The van der Waals surface area contributed by atoms with Crippen LogP contribution in [0.25, 0.3) is 0 Å². The predicted octanol–water partition coefficient (Wildman–Crippen LogP) is 2.10. The topological polar surface area (TPSA) is 17.1 Å². The first kappa shape index (κ1) is 6.97. The molecule has 0 N–H and O–H groups in total. The van der Waals surface area contributed by atoms with E-state index in [1.165, 1.54) is 5.82 Å². The molecule has 2 heteroatoms. The zero-order valence-corrected chi connectivity index (χ0v) is 5.77. The lowest BCUT2D eigenvalue weighted by Gasteiger charge is -1.94. The highest BCUT2D eigenvalue weighted by molar-refractivity contribution is 7.48. The van der Waals surface area contributed by atoms with Gasteiger partial charge >= 0.3 is 0 Å². The van der Waals surface area contributed by atoms with E-state index >= 15 is 0 Å². The fraction of sp³-hybridized carbons (Fsp3) is 0.600. The SMILES string of the molecule is C=C[PH](=O)C(C)C. The quantitative estimate of drug-likeness (QED) is 0.507. The molecular formula is C5H11OP. The number of rotatable bonds is 2. The third kappa shape index (κ3) is 2.64. The lowest BCUT2D eigenvalue weighted by atomic mass is 10.6. The Morgan fingerprint density at radius 1 is 1.71 bits per heavy atom. The van der Waals surface area contributed by atoms with E-state index in [0.717, 1.165) is 0 Å². The number of hydrogen-bond donors (Lipinski definition) is 0. The zero-order chi connectivity index (χ0) is 5.86. The van der Waals surface area contributed by atoms with E-state index in [1.807, 2.05) is 13.8 Å². The van der Waals surface area contributed by atoms with Crippen molar-refractivity contribution in [3.05, 3.63) is 12.4 Å². The zero-order valence-electron chi connectivity index (χ0n) is 4.77. The van der Waals surface area contributed by atoms with Crippen LogP contribution in [0.15, 0.2) is 12.4 Å². The molecule has 0 radical (unpaired) electrons. The molecule has 0 aromatic carbocycles. The Kier molecular flexibility index (Phi) is 3.02. The Labute approximate surface area is 45.2 Å². The van der Waals surface area contributed by atoms with E-state index in [0.29, 0.717) is 5.66 Å². The summed E-state index contributed by atoms with van der Waals surface area (Å²) in [6, 6.07) is 0. The van der Waals surface area contributed by atoms with Crippen LogP contribution in [-0.2, 0) is 4.57 Å². The van der Waals surface area contributed by atoms with Crippen LogP contribution < -0.4 is 0 Å². The van der Waals surface area contributed by atoms with E-state index in [2.05, 4.69) is 6.58 Å². The van der Waals surface area contributed by atoms with Crippen molar-refractivity contribution in [2.45, 2.75) is 19.5 Å². The van der Waals surface area contributed by atoms with Gasteiger partial charge in [-0.05, 0) is 5.82 Å². The fourth-order valence-corrected chi connectivity index (χ4v) is 0.707. The molecule has 0 fully saturated rings. The van der Waals surface area contributed by atoms with E-state index in [4.69, 9.17) is 0 Å². The second-order valence-electron chi connectivity index (χ2n) is 1.76. The Balaban J connectivity index is 3.56. The molecule has 0 aliphatic rings. The van der Waals surface area contributed by atoms with Gasteiger partial charge < -0.3 is 4.57 Å². The maximum absolute atomic E-state index is 10.6. The van der Waals surface area contributed by atoms with E-state index in [-0.39, 0.29) is 0 Å². The van der Waals surface area contributed by atoms with Gasteiger partial charge in [-0.2, -0.15) is 0 Å². The second-order valence-corrected chi connectivity index (χ2v) is 4.13. The molecule has 1 nitrogen and oxygen atoms in total. The normalized spacial score (nSPS) is 14.1. The van der Waals surface area contributed by atoms with Crippen molar-refractivity contribution in [3.63, 3.8) is 0 Å². The molecule has 0 amide bonds. The summed E-state index contributed by atoms with van der Waals surface area (Å²) in [6.45, 7) is 7.28. The molecule has 1 unspecified atom stereocenters. The maximum atomic E-state index is 10.6. The van der Waals surface area contributed by atoms with Gasteiger partial charge in [0.2, 0.25) is 0 Å². The van der Waals surface area contributed by atoms with E-state index in [1.54, 1.807) is 0 Å². The third-order valence-corrected chi connectivity index (χ3v) is 2.31. The summed E-state index contributed by atoms with van der Waals surface area (Å²) in [5.41, 5.74) is 0.294. The van der Waals surface area contributed by atoms with Crippen molar-refractivity contribution < 1.29 is 4.57 Å². The van der Waals surface area contributed by atoms with E-state index < -0.39 is 7.80 Å². The molecule has 0 aromatic rings. The molecule has 0 aromatic heterocycles. The Morgan fingerprint density at radius 3 is 2.14 bits per heavy atom. The predicted molar refractivity (Wildman–Crippen MR) is 34.3 cm³/mol. The minimum Gasteiger partial charge on any atom is -0.322 e. The van der Waals surface area contributed by atoms with Gasteiger partial charge in [-0.3, -0.25) is 0 Å². The van der Waals surface area contributed by atoms with Crippen molar-refractivity contribution in [1.29, 1.82) is 0 Å². The monoisotopic (exact) mass is 118 g/mol. The minimum absolute atomic E-state index is 0.294. The van der Waals surface area contributed by atoms with Gasteiger partial charge in [0, 0.05) is 5.66 Å². The highest BCUT2D eigenvalue weighted by Crippen LogP contribution is 2.26. The summed E-state index contributed by atoms with van der Waals surface area (Å²) in [6.07, 6.45) is 0. The van der Waals surface area contributed by atoms with Crippen LogP contribution in [0.5, 0.6) is 0 Å². The first-order valence-electron chi connectivity index (χ1n) is 2.34. The van der Waals surface area contributed by atoms with Crippen molar-refractivity contribution in [3.8, 4) is 0 Å². The highest BCUT2D eigenvalue weighted by atomic mass is 31.1. The van der Waals surface area contributed by atoms with Crippen LogP contribution in [0, 0.1) is 0 Å². The Bertz CT molecular complexity index is 86.1. The van der Waals surface area contributed by atoms with Gasteiger partial charge in [-0.1, -0.05) is 20.4 Å². The summed E-state index contributed by atoms with van der Waals surface area (Å²) >= 11 is 0. The van der Waals surface area contributed by atoms with Crippen LogP contribution in [0.2, 0.25) is 0 Å². The minimum atomic E-state index is -1.43. The molecule has 42 valence electrons. The smallest absolute Gasteiger partial charge is 0.0986 e. The molecule has 0 aliphatic carbocycles. The molecule has 0 heterocycles. The molecule has 7 heavy (non-hydrogen) atoms. The maximum Gasteiger partial charge on any atom is 0.0986 e. The summed E-state index contributed by atoms with van der Waals surface area (Å²) in [5, 5.41) is 0. The van der Waals surface area contributed by atoms with Crippen molar-refractivity contribution >= 4 is 7.80 Å². The summed E-state index contributed by atoms with van der Waals surface area (Å²) in [7, 11) is -1.43. The molecule has 0 bridgehead atoms. The average molecular weight is 118 g/mol. The highest BCUT2D eigenvalue weighted by Gasteiger charge is 1.95.